The number of ether oxygens (including phenoxy) is 2. The van der Waals surface area contributed by atoms with Crippen LogP contribution in [0.25, 0.3) is 0 Å². The van der Waals surface area contributed by atoms with Crippen molar-refractivity contribution in [1.82, 2.24) is 4.57 Å². The van der Waals surface area contributed by atoms with Crippen molar-refractivity contribution in [2.75, 3.05) is 6.61 Å². The number of aliphatic carboxylic acids is 1. The minimum Gasteiger partial charge on any atom is -0.482 e. The fourth-order valence-electron chi connectivity index (χ4n) is 3.51. The average molecular weight is 512 g/mol. The number of halogens is 4. The van der Waals surface area contributed by atoms with Gasteiger partial charge in [0.15, 0.2) is 12.2 Å². The number of aliphatic hydroxyl groups is 1. The van der Waals surface area contributed by atoms with Crippen LogP contribution in [0.5, 0.6) is 17.2 Å². The van der Waals surface area contributed by atoms with Crippen LogP contribution in [0.4, 0.5) is 13.2 Å². The van der Waals surface area contributed by atoms with Crippen molar-refractivity contribution in [2.45, 2.75) is 24.6 Å². The number of aromatic nitrogens is 1. The molecule has 0 spiro atoms. The predicted molar refractivity (Wildman–Crippen MR) is 121 cm³/mol. The Kier molecular flexibility index (Phi) is 7.47. The van der Waals surface area contributed by atoms with Crippen LogP contribution in [0.3, 0.4) is 0 Å². The number of carboxylic acids is 1. The van der Waals surface area contributed by atoms with Crippen molar-refractivity contribution >= 4 is 17.6 Å². The van der Waals surface area contributed by atoms with Crippen LogP contribution in [-0.4, -0.2) is 33.5 Å². The Morgan fingerprint density at radius 2 is 1.66 bits per heavy atom. The van der Waals surface area contributed by atoms with Crippen LogP contribution in [0.15, 0.2) is 65.6 Å². The van der Waals surface area contributed by atoms with Crippen LogP contribution < -0.4 is 15.0 Å². The number of rotatable bonds is 8. The molecule has 0 amide bonds. The number of alkyl halides is 3. The lowest BCUT2D eigenvalue weighted by molar-refractivity contribution is -0.274. The Balaban J connectivity index is 1.87. The number of hydrogen-bond donors (Lipinski definition) is 2. The van der Waals surface area contributed by atoms with Crippen molar-refractivity contribution in [3.8, 4) is 17.2 Å². The highest BCUT2D eigenvalue weighted by Gasteiger charge is 2.59. The fraction of sp³-hybridized carbons (Fsp3) is 0.250. The van der Waals surface area contributed by atoms with Gasteiger partial charge in [-0.15, -0.1) is 0 Å². The van der Waals surface area contributed by atoms with Gasteiger partial charge in [-0.05, 0) is 48.0 Å². The van der Waals surface area contributed by atoms with Gasteiger partial charge in [0.1, 0.15) is 17.2 Å². The van der Waals surface area contributed by atoms with Crippen molar-refractivity contribution in [3.63, 3.8) is 0 Å². The first-order valence-corrected chi connectivity index (χ1v) is 10.6. The van der Waals surface area contributed by atoms with E-state index in [2.05, 4.69) is 0 Å². The van der Waals surface area contributed by atoms with Crippen molar-refractivity contribution < 1.29 is 37.7 Å². The maximum absolute atomic E-state index is 14.1. The Morgan fingerprint density at radius 3 is 2.20 bits per heavy atom. The maximum Gasteiger partial charge on any atom is 0.422 e. The zero-order chi connectivity index (χ0) is 26.0. The number of hydrogen-bond acceptors (Lipinski definition) is 5. The van der Waals surface area contributed by atoms with Gasteiger partial charge in [0, 0.05) is 35.8 Å². The number of aryl methyl sites for hydroxylation is 1. The molecule has 0 saturated carbocycles. The molecule has 3 aromatic rings. The van der Waals surface area contributed by atoms with E-state index in [1.54, 1.807) is 0 Å². The highest BCUT2D eigenvalue weighted by molar-refractivity contribution is 6.31. The Hall–Kier alpha value is -3.50. The number of benzene rings is 2. The van der Waals surface area contributed by atoms with Gasteiger partial charge in [0.05, 0.1) is 0 Å². The molecule has 11 heteroatoms. The van der Waals surface area contributed by atoms with Gasteiger partial charge in [-0.1, -0.05) is 24.6 Å². The standard InChI is InChI=1S/C24H21ClF3NO6/c1-14(23(33,24(26,27)28)15-3-10-21(30)29(2)12-15)19-9-8-18(11-20(19)25)35-17-6-4-16(5-7-17)34-13-22(31)32/h3-12,14,33H,13H2,1-2H3,(H,31,32). The Bertz CT molecular complexity index is 1280. The molecule has 0 aliphatic heterocycles. The van der Waals surface area contributed by atoms with Crippen molar-refractivity contribution in [3.05, 3.63) is 87.3 Å². The summed E-state index contributed by atoms with van der Waals surface area (Å²) in [5, 5.41) is 19.5. The number of carbonyl (C=O) groups is 1. The van der Waals surface area contributed by atoms with E-state index in [4.69, 9.17) is 26.2 Å². The molecule has 186 valence electrons. The monoisotopic (exact) mass is 511 g/mol. The van der Waals surface area contributed by atoms with Gasteiger partial charge in [0.2, 0.25) is 5.56 Å². The summed E-state index contributed by atoms with van der Waals surface area (Å²) < 4.78 is 54.1. The quantitative estimate of drug-likeness (QED) is 0.449. The zero-order valence-corrected chi connectivity index (χ0v) is 19.3. The Labute approximate surface area is 202 Å². The molecule has 1 aromatic heterocycles. The SMILES string of the molecule is CC(c1ccc(Oc2ccc(OCC(=O)O)cc2)cc1Cl)C(O)(c1ccc(=O)n(C)c1)C(F)(F)F. The molecule has 2 N–H and O–H groups in total. The second-order valence-electron chi connectivity index (χ2n) is 7.79. The van der Waals surface area contributed by atoms with E-state index in [0.29, 0.717) is 11.5 Å². The van der Waals surface area contributed by atoms with E-state index in [1.807, 2.05) is 0 Å². The fourth-order valence-corrected chi connectivity index (χ4v) is 3.85. The minimum absolute atomic E-state index is 0.0186. The first kappa shape index (κ1) is 26.1. The molecular weight excluding hydrogens is 491 g/mol. The zero-order valence-electron chi connectivity index (χ0n) is 18.5. The molecule has 2 aromatic carbocycles. The highest BCUT2D eigenvalue weighted by Crippen LogP contribution is 2.49. The molecule has 0 radical (unpaired) electrons. The van der Waals surface area contributed by atoms with E-state index >= 15 is 0 Å². The van der Waals surface area contributed by atoms with E-state index in [0.717, 1.165) is 22.9 Å². The van der Waals surface area contributed by atoms with Gasteiger partial charge in [-0.25, -0.2) is 4.79 Å². The molecule has 0 aliphatic carbocycles. The summed E-state index contributed by atoms with van der Waals surface area (Å²) >= 11 is 6.30. The molecule has 0 saturated heterocycles. The van der Waals surface area contributed by atoms with Gasteiger partial charge < -0.3 is 24.3 Å². The lowest BCUT2D eigenvalue weighted by atomic mass is 9.78. The second-order valence-corrected chi connectivity index (χ2v) is 8.20. The molecule has 0 bridgehead atoms. The third-order valence-electron chi connectivity index (χ3n) is 5.44. The highest BCUT2D eigenvalue weighted by atomic mass is 35.5. The molecule has 1 heterocycles. The van der Waals surface area contributed by atoms with E-state index in [9.17, 15) is 27.9 Å². The normalized spacial score (nSPS) is 14.1. The first-order valence-electron chi connectivity index (χ1n) is 10.2. The lowest BCUT2D eigenvalue weighted by Crippen LogP contribution is -2.47. The smallest absolute Gasteiger partial charge is 0.422 e. The minimum atomic E-state index is -5.08. The van der Waals surface area contributed by atoms with Crippen LogP contribution in [0.1, 0.15) is 24.0 Å². The van der Waals surface area contributed by atoms with E-state index in [-0.39, 0.29) is 16.3 Å². The molecule has 7 nitrogen and oxygen atoms in total. The van der Waals surface area contributed by atoms with Gasteiger partial charge in [-0.3, -0.25) is 4.79 Å². The van der Waals surface area contributed by atoms with Crippen molar-refractivity contribution in [1.29, 1.82) is 0 Å². The average Bonchev–Trinajstić information content (AvgIpc) is 2.78. The molecule has 0 aliphatic rings. The number of carboxylic acid groups (broad SMARTS) is 1. The second kappa shape index (κ2) is 10.0. The van der Waals surface area contributed by atoms with Crippen LogP contribution in [0, 0.1) is 0 Å². The van der Waals surface area contributed by atoms with Gasteiger partial charge >= 0.3 is 12.1 Å². The predicted octanol–water partition coefficient (Wildman–Crippen LogP) is 4.85. The van der Waals surface area contributed by atoms with Crippen molar-refractivity contribution in [2.24, 2.45) is 7.05 Å². The summed E-state index contributed by atoms with van der Waals surface area (Å²) in [6, 6.07) is 12.0. The third-order valence-corrected chi connectivity index (χ3v) is 5.77. The summed E-state index contributed by atoms with van der Waals surface area (Å²) in [4.78, 5) is 22.2. The largest absolute Gasteiger partial charge is 0.482 e. The lowest BCUT2D eigenvalue weighted by Gasteiger charge is -2.37. The number of pyridine rings is 1. The molecule has 2 unspecified atom stereocenters. The van der Waals surface area contributed by atoms with Gasteiger partial charge in [-0.2, -0.15) is 13.2 Å². The third kappa shape index (κ3) is 5.60. The summed E-state index contributed by atoms with van der Waals surface area (Å²) in [5.74, 6) is -1.77. The van der Waals surface area contributed by atoms with Crippen LogP contribution in [0.2, 0.25) is 5.02 Å². The molecule has 35 heavy (non-hydrogen) atoms. The topological polar surface area (TPSA) is 98.0 Å². The molecule has 3 rings (SSSR count). The number of nitrogens with zero attached hydrogens (tertiary/aromatic N) is 1. The molecular formula is C24H21ClF3NO6. The van der Waals surface area contributed by atoms with Crippen LogP contribution in [-0.2, 0) is 17.4 Å². The van der Waals surface area contributed by atoms with Crippen LogP contribution >= 0.6 is 11.6 Å². The molecule has 0 fully saturated rings. The van der Waals surface area contributed by atoms with E-state index < -0.39 is 41.4 Å². The van der Waals surface area contributed by atoms with E-state index in [1.165, 1.54) is 56.4 Å². The van der Waals surface area contributed by atoms with Gasteiger partial charge in [0.25, 0.3) is 0 Å². The summed E-state index contributed by atoms with van der Waals surface area (Å²) in [6.45, 7) is 0.690. The maximum atomic E-state index is 14.1. The summed E-state index contributed by atoms with van der Waals surface area (Å²) in [5.41, 5.74) is -4.32. The Morgan fingerprint density at radius 1 is 1.06 bits per heavy atom. The summed E-state index contributed by atoms with van der Waals surface area (Å²) in [7, 11) is 1.29. The summed E-state index contributed by atoms with van der Waals surface area (Å²) in [6.07, 6.45) is -4.13. The first-order chi connectivity index (χ1) is 16.3. The molecule has 2 atom stereocenters.